The van der Waals surface area contributed by atoms with Crippen LogP contribution in [-0.2, 0) is 19.6 Å². The molecule has 0 spiro atoms. The number of hydrogen-bond donors (Lipinski definition) is 2. The van der Waals surface area contributed by atoms with Crippen LogP contribution in [0.25, 0.3) is 0 Å². The van der Waals surface area contributed by atoms with Gasteiger partial charge in [0.2, 0.25) is 10.0 Å². The van der Waals surface area contributed by atoms with Crippen molar-refractivity contribution < 1.29 is 23.1 Å². The minimum absolute atomic E-state index is 0.184. The Balaban J connectivity index is 2.79. The van der Waals surface area contributed by atoms with Crippen LogP contribution in [0.2, 0.25) is 0 Å². The average molecular weight is 273 g/mol. The second-order valence-corrected chi connectivity index (χ2v) is 5.40. The number of anilines is 1. The van der Waals surface area contributed by atoms with Crippen molar-refractivity contribution >= 4 is 21.7 Å². The second-order valence-electron chi connectivity index (χ2n) is 3.65. The van der Waals surface area contributed by atoms with Gasteiger partial charge in [0.15, 0.2) is 6.10 Å². The summed E-state index contributed by atoms with van der Waals surface area (Å²) in [6, 6.07) is 5.82. The smallest absolute Gasteiger partial charge is 0.339 e. The van der Waals surface area contributed by atoms with Crippen LogP contribution < -0.4 is 4.72 Å². The second kappa shape index (κ2) is 5.83. The Labute approximate surface area is 106 Å². The van der Waals surface area contributed by atoms with E-state index in [1.807, 2.05) is 0 Å². The van der Waals surface area contributed by atoms with Gasteiger partial charge in [0.1, 0.15) is 0 Å². The van der Waals surface area contributed by atoms with Crippen molar-refractivity contribution in [2.24, 2.45) is 0 Å². The molecular formula is C11H15NO5S. The lowest BCUT2D eigenvalue weighted by atomic mass is 10.1. The lowest BCUT2D eigenvalue weighted by molar-refractivity contribution is -0.153. The van der Waals surface area contributed by atoms with Crippen LogP contribution in [0.5, 0.6) is 0 Å². The largest absolute Gasteiger partial charge is 0.464 e. The van der Waals surface area contributed by atoms with E-state index in [1.54, 1.807) is 6.92 Å². The van der Waals surface area contributed by atoms with Crippen molar-refractivity contribution in [3.8, 4) is 0 Å². The highest BCUT2D eigenvalue weighted by Gasteiger charge is 2.18. The molecule has 0 radical (unpaired) electrons. The summed E-state index contributed by atoms with van der Waals surface area (Å²) in [5.41, 5.74) is 0.699. The summed E-state index contributed by atoms with van der Waals surface area (Å²) in [6.07, 6.45) is -0.328. The Morgan fingerprint density at radius 3 is 2.39 bits per heavy atom. The zero-order valence-electron chi connectivity index (χ0n) is 10.1. The van der Waals surface area contributed by atoms with E-state index >= 15 is 0 Å². The molecule has 100 valence electrons. The van der Waals surface area contributed by atoms with Gasteiger partial charge in [-0.05, 0) is 24.6 Å². The summed E-state index contributed by atoms with van der Waals surface area (Å²) in [5.74, 6) is -0.735. The van der Waals surface area contributed by atoms with Crippen molar-refractivity contribution in [1.29, 1.82) is 0 Å². The van der Waals surface area contributed by atoms with E-state index < -0.39 is 22.1 Å². The number of hydrogen-bond acceptors (Lipinski definition) is 5. The topological polar surface area (TPSA) is 92.7 Å². The SMILES string of the molecule is CCOC(=O)C(O)c1ccc(NS(C)(=O)=O)cc1. The van der Waals surface area contributed by atoms with Crippen LogP contribution in [0.4, 0.5) is 5.69 Å². The number of aliphatic hydroxyl groups is 1. The third-order valence-electron chi connectivity index (χ3n) is 2.04. The quantitative estimate of drug-likeness (QED) is 0.769. The third-order valence-corrected chi connectivity index (χ3v) is 2.65. The Hall–Kier alpha value is -1.60. The number of aliphatic hydroxyl groups excluding tert-OH is 1. The Morgan fingerprint density at radius 2 is 1.94 bits per heavy atom. The molecule has 0 aliphatic rings. The summed E-state index contributed by atoms with van der Waals surface area (Å²) in [5, 5.41) is 9.63. The summed E-state index contributed by atoms with van der Waals surface area (Å²) >= 11 is 0. The van der Waals surface area contributed by atoms with E-state index in [2.05, 4.69) is 9.46 Å². The molecule has 0 aliphatic heterocycles. The maximum atomic E-state index is 11.3. The van der Waals surface area contributed by atoms with E-state index in [0.717, 1.165) is 6.26 Å². The molecule has 0 aliphatic carbocycles. The van der Waals surface area contributed by atoms with Crippen molar-refractivity contribution in [3.63, 3.8) is 0 Å². The number of carbonyl (C=O) groups excluding carboxylic acids is 1. The number of benzene rings is 1. The fourth-order valence-electron chi connectivity index (χ4n) is 1.30. The number of ether oxygens (including phenoxy) is 1. The predicted octanol–water partition coefficient (Wildman–Crippen LogP) is 0.655. The van der Waals surface area contributed by atoms with Crippen LogP contribution >= 0.6 is 0 Å². The first-order valence-corrected chi connectivity index (χ1v) is 7.15. The van der Waals surface area contributed by atoms with Gasteiger partial charge >= 0.3 is 5.97 Å². The van der Waals surface area contributed by atoms with Gasteiger partial charge in [-0.25, -0.2) is 13.2 Å². The summed E-state index contributed by atoms with van der Waals surface area (Å²) < 4.78 is 28.9. The number of carbonyl (C=O) groups is 1. The van der Waals surface area contributed by atoms with E-state index in [0.29, 0.717) is 11.3 Å². The zero-order valence-corrected chi connectivity index (χ0v) is 10.9. The van der Waals surface area contributed by atoms with Crippen LogP contribution in [0, 0.1) is 0 Å². The number of esters is 1. The van der Waals surface area contributed by atoms with E-state index in [1.165, 1.54) is 24.3 Å². The predicted molar refractivity (Wildman–Crippen MR) is 66.5 cm³/mol. The molecule has 0 amide bonds. The normalized spacial score (nSPS) is 12.8. The first kappa shape index (κ1) is 14.5. The molecule has 1 unspecified atom stereocenters. The highest BCUT2D eigenvalue weighted by atomic mass is 32.2. The summed E-state index contributed by atoms with van der Waals surface area (Å²) in [6.45, 7) is 1.83. The van der Waals surface area contributed by atoms with Crippen molar-refractivity contribution in [1.82, 2.24) is 0 Å². The molecule has 1 atom stereocenters. The number of rotatable bonds is 5. The number of nitrogens with one attached hydrogen (secondary N) is 1. The lowest BCUT2D eigenvalue weighted by Crippen LogP contribution is -2.15. The molecule has 1 rings (SSSR count). The molecular weight excluding hydrogens is 258 g/mol. The van der Waals surface area contributed by atoms with Gasteiger partial charge in [0.05, 0.1) is 12.9 Å². The first-order valence-electron chi connectivity index (χ1n) is 5.26. The molecule has 2 N–H and O–H groups in total. The molecule has 7 heteroatoms. The summed E-state index contributed by atoms with van der Waals surface area (Å²) in [7, 11) is -3.34. The lowest BCUT2D eigenvalue weighted by Gasteiger charge is -2.10. The first-order chi connectivity index (χ1) is 8.33. The van der Waals surface area contributed by atoms with Crippen LogP contribution in [0.15, 0.2) is 24.3 Å². The van der Waals surface area contributed by atoms with Gasteiger partial charge in [-0.3, -0.25) is 4.72 Å². The van der Waals surface area contributed by atoms with Gasteiger partial charge in [-0.1, -0.05) is 12.1 Å². The molecule has 6 nitrogen and oxygen atoms in total. The molecule has 0 aromatic heterocycles. The Bertz CT molecular complexity index is 509. The molecule has 0 heterocycles. The highest BCUT2D eigenvalue weighted by Crippen LogP contribution is 2.18. The molecule has 18 heavy (non-hydrogen) atoms. The van der Waals surface area contributed by atoms with Crippen molar-refractivity contribution in [3.05, 3.63) is 29.8 Å². The molecule has 0 fully saturated rings. The van der Waals surface area contributed by atoms with Crippen molar-refractivity contribution in [2.75, 3.05) is 17.6 Å². The van der Waals surface area contributed by atoms with Crippen LogP contribution in [-0.4, -0.2) is 32.4 Å². The average Bonchev–Trinajstić information content (AvgIpc) is 2.27. The highest BCUT2D eigenvalue weighted by molar-refractivity contribution is 7.92. The molecule has 1 aromatic carbocycles. The third kappa shape index (κ3) is 4.34. The molecule has 0 saturated carbocycles. The fraction of sp³-hybridized carbons (Fsp3) is 0.364. The van der Waals surface area contributed by atoms with Gasteiger partial charge in [0, 0.05) is 5.69 Å². The minimum atomic E-state index is -3.34. The van der Waals surface area contributed by atoms with Gasteiger partial charge in [-0.2, -0.15) is 0 Å². The minimum Gasteiger partial charge on any atom is -0.464 e. The van der Waals surface area contributed by atoms with Gasteiger partial charge < -0.3 is 9.84 Å². The monoisotopic (exact) mass is 273 g/mol. The maximum absolute atomic E-state index is 11.3. The van der Waals surface area contributed by atoms with Crippen molar-refractivity contribution in [2.45, 2.75) is 13.0 Å². The van der Waals surface area contributed by atoms with Gasteiger partial charge in [0.25, 0.3) is 0 Å². The van der Waals surface area contributed by atoms with Crippen LogP contribution in [0.3, 0.4) is 0 Å². The van der Waals surface area contributed by atoms with E-state index in [9.17, 15) is 18.3 Å². The molecule has 0 saturated heterocycles. The molecule has 0 bridgehead atoms. The standard InChI is InChI=1S/C11H15NO5S/c1-3-17-11(14)10(13)8-4-6-9(7-5-8)12-18(2,15)16/h4-7,10,12-13H,3H2,1-2H3. The van der Waals surface area contributed by atoms with Gasteiger partial charge in [-0.15, -0.1) is 0 Å². The Morgan fingerprint density at radius 1 is 1.39 bits per heavy atom. The maximum Gasteiger partial charge on any atom is 0.339 e. The van der Waals surface area contributed by atoms with E-state index in [-0.39, 0.29) is 6.61 Å². The fourth-order valence-corrected chi connectivity index (χ4v) is 1.87. The summed E-state index contributed by atoms with van der Waals surface area (Å²) in [4.78, 5) is 11.3. The molecule has 1 aromatic rings. The van der Waals surface area contributed by atoms with E-state index in [4.69, 9.17) is 0 Å². The number of sulfonamides is 1. The zero-order chi connectivity index (χ0) is 13.8. The van der Waals surface area contributed by atoms with Crippen LogP contribution in [0.1, 0.15) is 18.6 Å². The Kier molecular flexibility index (Phi) is 4.69.